The fourth-order valence-electron chi connectivity index (χ4n) is 3.90. The predicted molar refractivity (Wildman–Crippen MR) is 110 cm³/mol. The van der Waals surface area contributed by atoms with Crippen molar-refractivity contribution in [2.45, 2.75) is 31.7 Å². The van der Waals surface area contributed by atoms with Crippen LogP contribution in [0, 0.1) is 0 Å². The summed E-state index contributed by atoms with van der Waals surface area (Å²) in [6.45, 7) is 3.36. The molecule has 4 nitrogen and oxygen atoms in total. The van der Waals surface area contributed by atoms with Gasteiger partial charge in [0, 0.05) is 30.6 Å². The first-order valence-electron chi connectivity index (χ1n) is 9.84. The molecule has 0 spiro atoms. The minimum atomic E-state index is -0.297. The molecule has 1 saturated heterocycles. The van der Waals surface area contributed by atoms with Gasteiger partial charge in [-0.3, -0.25) is 0 Å². The number of para-hydroxylation sites is 1. The standard InChI is InChI=1S/C23H26N2O2/c26-23-17-21(20-10-4-5-11-22(20)27-23)24-19-12-15-25(16-13-19)14-6-9-18-7-2-1-3-8-18/h1-5,7-8,10-11,17,19,24H,6,9,12-16H2. The molecule has 2 heterocycles. The molecule has 4 heteroatoms. The smallest absolute Gasteiger partial charge is 0.338 e. The first-order valence-corrected chi connectivity index (χ1v) is 9.84. The lowest BCUT2D eigenvalue weighted by Crippen LogP contribution is -2.39. The fraction of sp³-hybridized carbons (Fsp3) is 0.348. The molecule has 3 aromatic rings. The number of hydrogen-bond donors (Lipinski definition) is 1. The Hall–Kier alpha value is -2.59. The summed E-state index contributed by atoms with van der Waals surface area (Å²) in [4.78, 5) is 14.4. The summed E-state index contributed by atoms with van der Waals surface area (Å²) in [7, 11) is 0. The first kappa shape index (κ1) is 17.8. The zero-order chi connectivity index (χ0) is 18.5. The lowest BCUT2D eigenvalue weighted by atomic mass is 10.0. The Morgan fingerprint density at radius 1 is 1.00 bits per heavy atom. The minimum absolute atomic E-state index is 0.297. The summed E-state index contributed by atoms with van der Waals surface area (Å²) in [5.74, 6) is 0. The van der Waals surface area contributed by atoms with E-state index in [2.05, 4.69) is 40.5 Å². The Morgan fingerprint density at radius 3 is 2.56 bits per heavy atom. The molecule has 27 heavy (non-hydrogen) atoms. The Balaban J connectivity index is 1.29. The monoisotopic (exact) mass is 362 g/mol. The maximum absolute atomic E-state index is 11.8. The molecule has 1 fully saturated rings. The van der Waals surface area contributed by atoms with E-state index >= 15 is 0 Å². The summed E-state index contributed by atoms with van der Waals surface area (Å²) in [6.07, 6.45) is 4.54. The van der Waals surface area contributed by atoms with E-state index in [0.29, 0.717) is 11.6 Å². The van der Waals surface area contributed by atoms with Gasteiger partial charge in [-0.15, -0.1) is 0 Å². The largest absolute Gasteiger partial charge is 0.423 e. The third-order valence-corrected chi connectivity index (χ3v) is 5.38. The highest BCUT2D eigenvalue weighted by atomic mass is 16.4. The maximum Gasteiger partial charge on any atom is 0.338 e. The molecule has 0 radical (unpaired) electrons. The number of rotatable bonds is 6. The second kappa shape index (κ2) is 8.40. The van der Waals surface area contributed by atoms with Gasteiger partial charge in [0.1, 0.15) is 5.58 Å². The second-order valence-corrected chi connectivity index (χ2v) is 7.32. The number of nitrogens with zero attached hydrogens (tertiary/aromatic N) is 1. The Bertz CT molecular complexity index is 928. The third kappa shape index (κ3) is 4.58. The van der Waals surface area contributed by atoms with Crippen LogP contribution in [0.15, 0.2) is 69.9 Å². The summed E-state index contributed by atoms with van der Waals surface area (Å²) >= 11 is 0. The molecule has 4 rings (SSSR count). The van der Waals surface area contributed by atoms with Crippen molar-refractivity contribution in [3.63, 3.8) is 0 Å². The number of anilines is 1. The van der Waals surface area contributed by atoms with E-state index in [9.17, 15) is 4.79 Å². The van der Waals surface area contributed by atoms with Crippen LogP contribution in [-0.2, 0) is 6.42 Å². The van der Waals surface area contributed by atoms with Crippen molar-refractivity contribution in [2.75, 3.05) is 25.0 Å². The summed E-state index contributed by atoms with van der Waals surface area (Å²) in [5, 5.41) is 4.55. The van der Waals surface area contributed by atoms with Gasteiger partial charge in [0.2, 0.25) is 0 Å². The molecule has 0 aliphatic carbocycles. The van der Waals surface area contributed by atoms with E-state index in [0.717, 1.165) is 50.0 Å². The van der Waals surface area contributed by atoms with Crippen LogP contribution in [0.5, 0.6) is 0 Å². The van der Waals surface area contributed by atoms with Crippen molar-refractivity contribution in [1.29, 1.82) is 0 Å². The topological polar surface area (TPSA) is 45.5 Å². The molecule has 0 unspecified atom stereocenters. The molecular formula is C23H26N2O2. The molecule has 0 amide bonds. The van der Waals surface area contributed by atoms with E-state index in [1.54, 1.807) is 6.07 Å². The molecule has 0 bridgehead atoms. The molecular weight excluding hydrogens is 336 g/mol. The van der Waals surface area contributed by atoms with Crippen molar-refractivity contribution in [3.05, 3.63) is 76.6 Å². The summed E-state index contributed by atoms with van der Waals surface area (Å²) < 4.78 is 5.29. The van der Waals surface area contributed by atoms with Crippen molar-refractivity contribution in [1.82, 2.24) is 4.90 Å². The summed E-state index contributed by atoms with van der Waals surface area (Å²) in [6, 6.07) is 20.4. The Kier molecular flexibility index (Phi) is 5.54. The van der Waals surface area contributed by atoms with Crippen LogP contribution in [0.4, 0.5) is 5.69 Å². The van der Waals surface area contributed by atoms with Gasteiger partial charge in [-0.1, -0.05) is 42.5 Å². The number of benzene rings is 2. The van der Waals surface area contributed by atoms with Crippen LogP contribution in [0.2, 0.25) is 0 Å². The van der Waals surface area contributed by atoms with Gasteiger partial charge in [-0.05, 0) is 49.9 Å². The van der Waals surface area contributed by atoms with Crippen molar-refractivity contribution in [2.24, 2.45) is 0 Å². The lowest BCUT2D eigenvalue weighted by Gasteiger charge is -2.33. The highest BCUT2D eigenvalue weighted by molar-refractivity contribution is 5.89. The number of piperidine rings is 1. The number of likely N-dealkylation sites (tertiary alicyclic amines) is 1. The van der Waals surface area contributed by atoms with Gasteiger partial charge in [-0.25, -0.2) is 4.79 Å². The molecule has 140 valence electrons. The van der Waals surface area contributed by atoms with Gasteiger partial charge in [-0.2, -0.15) is 0 Å². The SMILES string of the molecule is O=c1cc(NC2CCN(CCCc3ccccc3)CC2)c2ccccc2o1. The van der Waals surface area contributed by atoms with Crippen molar-refractivity contribution in [3.8, 4) is 0 Å². The quantitative estimate of drug-likeness (QED) is 0.664. The predicted octanol–water partition coefficient (Wildman–Crippen LogP) is 4.30. The number of aryl methyl sites for hydroxylation is 1. The summed E-state index contributed by atoms with van der Waals surface area (Å²) in [5.41, 5.74) is 2.66. The molecule has 2 aromatic carbocycles. The van der Waals surface area contributed by atoms with E-state index in [-0.39, 0.29) is 5.63 Å². The van der Waals surface area contributed by atoms with Crippen LogP contribution in [0.25, 0.3) is 11.0 Å². The molecule has 0 saturated carbocycles. The van der Waals surface area contributed by atoms with E-state index in [4.69, 9.17) is 4.42 Å². The first-order chi connectivity index (χ1) is 13.3. The highest BCUT2D eigenvalue weighted by Gasteiger charge is 2.19. The van der Waals surface area contributed by atoms with Gasteiger partial charge >= 0.3 is 5.63 Å². The fourth-order valence-corrected chi connectivity index (χ4v) is 3.90. The second-order valence-electron chi connectivity index (χ2n) is 7.32. The van der Waals surface area contributed by atoms with Gasteiger partial charge in [0.05, 0.1) is 5.69 Å². The van der Waals surface area contributed by atoms with Crippen molar-refractivity contribution < 1.29 is 4.42 Å². The number of fused-ring (bicyclic) bond motifs is 1. The lowest BCUT2D eigenvalue weighted by molar-refractivity contribution is 0.217. The van der Waals surface area contributed by atoms with Crippen LogP contribution in [-0.4, -0.2) is 30.6 Å². The Labute approximate surface area is 159 Å². The van der Waals surface area contributed by atoms with Crippen LogP contribution >= 0.6 is 0 Å². The zero-order valence-electron chi connectivity index (χ0n) is 15.6. The van der Waals surface area contributed by atoms with Gasteiger partial charge in [0.15, 0.2) is 0 Å². The van der Waals surface area contributed by atoms with Crippen molar-refractivity contribution >= 4 is 16.7 Å². The van der Waals surface area contributed by atoms with Crippen LogP contribution < -0.4 is 10.9 Å². The number of nitrogens with one attached hydrogen (secondary N) is 1. The van der Waals surface area contributed by atoms with E-state index < -0.39 is 0 Å². The zero-order valence-corrected chi connectivity index (χ0v) is 15.6. The van der Waals surface area contributed by atoms with Gasteiger partial charge < -0.3 is 14.6 Å². The maximum atomic E-state index is 11.8. The normalized spacial score (nSPS) is 15.9. The average molecular weight is 362 g/mol. The molecule has 0 atom stereocenters. The minimum Gasteiger partial charge on any atom is -0.423 e. The van der Waals surface area contributed by atoms with Gasteiger partial charge in [0.25, 0.3) is 0 Å². The molecule has 1 aromatic heterocycles. The Morgan fingerprint density at radius 2 is 1.74 bits per heavy atom. The average Bonchev–Trinajstić information content (AvgIpc) is 2.70. The molecule has 1 N–H and O–H groups in total. The number of hydrogen-bond acceptors (Lipinski definition) is 4. The third-order valence-electron chi connectivity index (χ3n) is 5.38. The molecule has 1 aliphatic heterocycles. The van der Waals surface area contributed by atoms with E-state index in [1.165, 1.54) is 12.0 Å². The van der Waals surface area contributed by atoms with Crippen LogP contribution in [0.3, 0.4) is 0 Å². The van der Waals surface area contributed by atoms with Crippen LogP contribution in [0.1, 0.15) is 24.8 Å². The molecule has 1 aliphatic rings. The van der Waals surface area contributed by atoms with E-state index in [1.807, 2.05) is 24.3 Å². The highest BCUT2D eigenvalue weighted by Crippen LogP contribution is 2.24.